The molecule has 1 aromatic heterocycles. The quantitative estimate of drug-likeness (QED) is 0.883. The number of carbonyl (C=O) groups is 1. The lowest BCUT2D eigenvalue weighted by molar-refractivity contribution is -0.122. The molecular formula is C18H24N2O2S. The number of amides is 1. The van der Waals surface area contributed by atoms with Gasteiger partial charge in [0.2, 0.25) is 5.91 Å². The van der Waals surface area contributed by atoms with E-state index in [0.29, 0.717) is 13.0 Å². The highest BCUT2D eigenvalue weighted by atomic mass is 32.1. The molecule has 1 aromatic carbocycles. The third-order valence-electron chi connectivity index (χ3n) is 4.40. The molecule has 23 heavy (non-hydrogen) atoms. The molecule has 4 nitrogen and oxygen atoms in total. The Kier molecular flexibility index (Phi) is 5.77. The molecule has 2 rings (SSSR count). The molecule has 0 saturated heterocycles. The van der Waals surface area contributed by atoms with Gasteiger partial charge in [-0.05, 0) is 26.3 Å². The number of hydrogen-bond donors (Lipinski definition) is 1. The van der Waals surface area contributed by atoms with E-state index in [9.17, 15) is 9.59 Å². The minimum atomic E-state index is -0.0181. The van der Waals surface area contributed by atoms with E-state index >= 15 is 0 Å². The summed E-state index contributed by atoms with van der Waals surface area (Å²) in [6.45, 7) is 8.42. The monoisotopic (exact) mass is 332 g/mol. The smallest absolute Gasteiger partial charge is 0.307 e. The summed E-state index contributed by atoms with van der Waals surface area (Å²) in [6.07, 6.45) is 0.322. The van der Waals surface area contributed by atoms with Crippen LogP contribution in [-0.2, 0) is 11.3 Å². The van der Waals surface area contributed by atoms with Gasteiger partial charge < -0.3 is 9.88 Å². The van der Waals surface area contributed by atoms with Crippen molar-refractivity contribution < 1.29 is 4.79 Å². The SMILES string of the molecule is Cc1sc(=O)n(CCC(=O)N[C@@H](C)[C@@H](C)c2ccccc2)c1C. The fourth-order valence-corrected chi connectivity index (χ4v) is 3.41. The molecule has 0 fully saturated rings. The molecule has 0 unspecified atom stereocenters. The van der Waals surface area contributed by atoms with Gasteiger partial charge in [0, 0.05) is 35.5 Å². The number of benzene rings is 1. The molecule has 0 aliphatic rings. The van der Waals surface area contributed by atoms with Crippen LogP contribution in [0.1, 0.15) is 42.3 Å². The van der Waals surface area contributed by atoms with Gasteiger partial charge in [-0.15, -0.1) is 0 Å². The summed E-state index contributed by atoms with van der Waals surface area (Å²) in [7, 11) is 0. The van der Waals surface area contributed by atoms with Crippen LogP contribution >= 0.6 is 11.3 Å². The van der Waals surface area contributed by atoms with Crippen LogP contribution in [0.4, 0.5) is 0 Å². The van der Waals surface area contributed by atoms with E-state index in [4.69, 9.17) is 0 Å². The Morgan fingerprint density at radius 1 is 1.22 bits per heavy atom. The molecule has 2 atom stereocenters. The number of aromatic nitrogens is 1. The fourth-order valence-electron chi connectivity index (χ4n) is 2.56. The van der Waals surface area contributed by atoms with Crippen molar-refractivity contribution in [3.8, 4) is 0 Å². The van der Waals surface area contributed by atoms with E-state index in [1.165, 1.54) is 16.9 Å². The second-order valence-electron chi connectivity index (χ2n) is 5.97. The Morgan fingerprint density at radius 3 is 2.43 bits per heavy atom. The van der Waals surface area contributed by atoms with Crippen LogP contribution in [0.3, 0.4) is 0 Å². The molecule has 2 aromatic rings. The van der Waals surface area contributed by atoms with E-state index in [1.54, 1.807) is 4.57 Å². The molecular weight excluding hydrogens is 308 g/mol. The van der Waals surface area contributed by atoms with Gasteiger partial charge in [0.1, 0.15) is 0 Å². The van der Waals surface area contributed by atoms with Crippen molar-refractivity contribution >= 4 is 17.2 Å². The Hall–Kier alpha value is -1.88. The number of hydrogen-bond acceptors (Lipinski definition) is 3. The van der Waals surface area contributed by atoms with Gasteiger partial charge in [-0.3, -0.25) is 9.59 Å². The molecule has 1 heterocycles. The molecule has 0 bridgehead atoms. The number of thiazole rings is 1. The summed E-state index contributed by atoms with van der Waals surface area (Å²) < 4.78 is 1.69. The van der Waals surface area contributed by atoms with Crippen LogP contribution in [0.25, 0.3) is 0 Å². The number of nitrogens with zero attached hydrogens (tertiary/aromatic N) is 1. The number of nitrogens with one attached hydrogen (secondary N) is 1. The van der Waals surface area contributed by atoms with Crippen molar-refractivity contribution in [3.05, 3.63) is 56.1 Å². The zero-order chi connectivity index (χ0) is 17.0. The minimum absolute atomic E-state index is 0.0125. The number of aryl methyl sites for hydroxylation is 1. The van der Waals surface area contributed by atoms with E-state index in [2.05, 4.69) is 24.4 Å². The van der Waals surface area contributed by atoms with Crippen molar-refractivity contribution in [2.75, 3.05) is 0 Å². The van der Waals surface area contributed by atoms with Crippen molar-refractivity contribution in [2.24, 2.45) is 0 Å². The Bertz CT molecular complexity index is 718. The second-order valence-corrected chi connectivity index (χ2v) is 7.13. The lowest BCUT2D eigenvalue weighted by atomic mass is 9.94. The predicted molar refractivity (Wildman–Crippen MR) is 95.1 cm³/mol. The van der Waals surface area contributed by atoms with Crippen molar-refractivity contribution in [3.63, 3.8) is 0 Å². The largest absolute Gasteiger partial charge is 0.353 e. The zero-order valence-electron chi connectivity index (χ0n) is 14.1. The Balaban J connectivity index is 1.90. The van der Waals surface area contributed by atoms with Gasteiger partial charge in [0.15, 0.2) is 0 Å². The number of rotatable bonds is 6. The lowest BCUT2D eigenvalue weighted by Crippen LogP contribution is -2.36. The van der Waals surface area contributed by atoms with Gasteiger partial charge >= 0.3 is 4.87 Å². The molecule has 5 heteroatoms. The van der Waals surface area contributed by atoms with Crippen LogP contribution in [0.5, 0.6) is 0 Å². The molecule has 0 aliphatic heterocycles. The average Bonchev–Trinajstić information content (AvgIpc) is 2.78. The maximum absolute atomic E-state index is 12.2. The summed E-state index contributed by atoms with van der Waals surface area (Å²) in [4.78, 5) is 25.0. The third-order valence-corrected chi connectivity index (χ3v) is 5.40. The lowest BCUT2D eigenvalue weighted by Gasteiger charge is -2.22. The van der Waals surface area contributed by atoms with Crippen LogP contribution in [0, 0.1) is 13.8 Å². The molecule has 124 valence electrons. The van der Waals surface area contributed by atoms with Gasteiger partial charge in [-0.25, -0.2) is 0 Å². The highest BCUT2D eigenvalue weighted by Gasteiger charge is 2.17. The first-order valence-corrected chi connectivity index (χ1v) is 8.73. The van der Waals surface area contributed by atoms with Crippen molar-refractivity contribution in [1.29, 1.82) is 0 Å². The van der Waals surface area contributed by atoms with Gasteiger partial charge in [-0.2, -0.15) is 0 Å². The third kappa shape index (κ3) is 4.32. The number of carbonyl (C=O) groups excluding carboxylic acids is 1. The minimum Gasteiger partial charge on any atom is -0.353 e. The maximum atomic E-state index is 12.2. The van der Waals surface area contributed by atoms with E-state index in [1.807, 2.05) is 39.0 Å². The Morgan fingerprint density at radius 2 is 1.87 bits per heavy atom. The van der Waals surface area contributed by atoms with Gasteiger partial charge in [0.25, 0.3) is 0 Å². The summed E-state index contributed by atoms with van der Waals surface area (Å²) in [5.74, 6) is 0.225. The standard InChI is InChI=1S/C18H24N2O2S/c1-12(16-8-6-5-7-9-16)13(2)19-17(21)10-11-20-14(3)15(4)23-18(20)22/h5-9,12-13H,10-11H2,1-4H3,(H,19,21)/t12-,13+/m1/s1. The average molecular weight is 332 g/mol. The predicted octanol–water partition coefficient (Wildman–Crippen LogP) is 3.23. The fraction of sp³-hybridized carbons (Fsp3) is 0.444. The normalized spacial score (nSPS) is 13.6. The molecule has 0 radical (unpaired) electrons. The summed E-state index contributed by atoms with van der Waals surface area (Å²) in [5.41, 5.74) is 2.17. The van der Waals surface area contributed by atoms with Crippen molar-refractivity contribution in [2.45, 2.75) is 52.6 Å². The maximum Gasteiger partial charge on any atom is 0.307 e. The molecule has 1 amide bonds. The summed E-state index contributed by atoms with van der Waals surface area (Å²) >= 11 is 1.24. The van der Waals surface area contributed by atoms with Gasteiger partial charge in [0.05, 0.1) is 0 Å². The zero-order valence-corrected chi connectivity index (χ0v) is 14.9. The first-order valence-electron chi connectivity index (χ1n) is 7.91. The molecule has 0 spiro atoms. The summed E-state index contributed by atoms with van der Waals surface area (Å²) in [5, 5.41) is 3.04. The Labute approximate surface area is 141 Å². The highest BCUT2D eigenvalue weighted by molar-refractivity contribution is 7.09. The second kappa shape index (κ2) is 7.59. The van der Waals surface area contributed by atoms with Crippen molar-refractivity contribution in [1.82, 2.24) is 9.88 Å². The van der Waals surface area contributed by atoms with Crippen LogP contribution in [0.2, 0.25) is 0 Å². The van der Waals surface area contributed by atoms with Gasteiger partial charge in [-0.1, -0.05) is 48.6 Å². The first-order chi connectivity index (χ1) is 10.9. The van der Waals surface area contributed by atoms with Crippen LogP contribution in [0.15, 0.2) is 35.1 Å². The van der Waals surface area contributed by atoms with E-state index in [-0.39, 0.29) is 22.7 Å². The van der Waals surface area contributed by atoms with E-state index < -0.39 is 0 Å². The first kappa shape index (κ1) is 17.5. The molecule has 1 N–H and O–H groups in total. The topological polar surface area (TPSA) is 51.1 Å². The van der Waals surface area contributed by atoms with E-state index in [0.717, 1.165) is 10.6 Å². The highest BCUT2D eigenvalue weighted by Crippen LogP contribution is 2.18. The molecule has 0 aliphatic carbocycles. The van der Waals surface area contributed by atoms with Crippen LogP contribution < -0.4 is 10.2 Å². The van der Waals surface area contributed by atoms with Crippen LogP contribution in [-0.4, -0.2) is 16.5 Å². The molecule has 0 saturated carbocycles. The summed E-state index contributed by atoms with van der Waals surface area (Å²) in [6, 6.07) is 10.2.